The third kappa shape index (κ3) is 5.02. The minimum Gasteiger partial charge on any atom is -0.406 e. The molecule has 1 rings (SSSR count). The largest absolute Gasteiger partial charge is 0.573 e. The monoisotopic (exact) mass is 235 g/mol. The fourth-order valence-electron chi connectivity index (χ4n) is 1.06. The third-order valence-electron chi connectivity index (χ3n) is 1.77. The molecule has 1 aromatic rings. The first kappa shape index (κ1) is 14.8. The highest BCUT2D eigenvalue weighted by Crippen LogP contribution is 2.24. The first-order chi connectivity index (χ1) is 7.42. The van der Waals surface area contributed by atoms with Crippen molar-refractivity contribution in [3.05, 3.63) is 29.3 Å². The highest BCUT2D eigenvalue weighted by molar-refractivity contribution is 5.34. The van der Waals surface area contributed by atoms with Gasteiger partial charge < -0.3 is 10.5 Å². The Labute approximate surface area is 93.2 Å². The van der Waals surface area contributed by atoms with E-state index in [4.69, 9.17) is 5.73 Å². The second kappa shape index (κ2) is 6.37. The van der Waals surface area contributed by atoms with Gasteiger partial charge in [-0.15, -0.1) is 13.2 Å². The number of benzene rings is 1. The summed E-state index contributed by atoms with van der Waals surface area (Å²) in [6.07, 6.45) is -4.65. The van der Waals surface area contributed by atoms with Crippen LogP contribution in [0.15, 0.2) is 18.2 Å². The van der Waals surface area contributed by atoms with E-state index >= 15 is 0 Å². The zero-order valence-corrected chi connectivity index (χ0v) is 9.56. The molecule has 0 aromatic heterocycles. The molecule has 0 spiro atoms. The van der Waals surface area contributed by atoms with E-state index in [2.05, 4.69) is 4.74 Å². The normalized spacial score (nSPS) is 10.4. The molecule has 0 aliphatic carbocycles. The minimum absolute atomic E-state index is 0.195. The molecule has 5 heteroatoms. The van der Waals surface area contributed by atoms with Gasteiger partial charge in [0.05, 0.1) is 0 Å². The predicted molar refractivity (Wildman–Crippen MR) is 57.1 cm³/mol. The summed E-state index contributed by atoms with van der Waals surface area (Å²) in [5, 5.41) is 0. The van der Waals surface area contributed by atoms with Crippen LogP contribution in [0.1, 0.15) is 25.0 Å². The Kier molecular flexibility index (Phi) is 5.88. The fraction of sp³-hybridized carbons (Fsp3) is 0.455. The molecule has 0 radical (unpaired) electrons. The van der Waals surface area contributed by atoms with Crippen molar-refractivity contribution in [3.63, 3.8) is 0 Å². The van der Waals surface area contributed by atoms with E-state index in [1.807, 2.05) is 13.8 Å². The van der Waals surface area contributed by atoms with Crippen molar-refractivity contribution in [2.45, 2.75) is 33.7 Å². The Morgan fingerprint density at radius 1 is 1.25 bits per heavy atom. The Hall–Kier alpha value is -1.23. The lowest BCUT2D eigenvalue weighted by atomic mass is 10.1. The highest BCUT2D eigenvalue weighted by atomic mass is 19.4. The number of hydrogen-bond donors (Lipinski definition) is 1. The van der Waals surface area contributed by atoms with Crippen molar-refractivity contribution in [1.82, 2.24) is 0 Å². The van der Waals surface area contributed by atoms with Gasteiger partial charge in [-0.2, -0.15) is 0 Å². The molecule has 0 bridgehead atoms. The van der Waals surface area contributed by atoms with Crippen molar-refractivity contribution in [3.8, 4) is 5.75 Å². The van der Waals surface area contributed by atoms with Crippen molar-refractivity contribution in [2.75, 3.05) is 0 Å². The summed E-state index contributed by atoms with van der Waals surface area (Å²) >= 11 is 0. The fourth-order valence-corrected chi connectivity index (χ4v) is 1.06. The summed E-state index contributed by atoms with van der Waals surface area (Å²) < 4.78 is 39.2. The van der Waals surface area contributed by atoms with Crippen LogP contribution in [-0.4, -0.2) is 6.36 Å². The van der Waals surface area contributed by atoms with Crippen molar-refractivity contribution >= 4 is 0 Å². The zero-order valence-electron chi connectivity index (χ0n) is 9.56. The molecular weight excluding hydrogens is 219 g/mol. The lowest BCUT2D eigenvalue weighted by Gasteiger charge is -2.10. The predicted octanol–water partition coefficient (Wildman–Crippen LogP) is 3.38. The number of rotatable bonds is 2. The molecule has 0 aliphatic heterocycles. The van der Waals surface area contributed by atoms with Crippen LogP contribution in [-0.2, 0) is 6.54 Å². The summed E-state index contributed by atoms with van der Waals surface area (Å²) in [6, 6.07) is 4.11. The standard InChI is InChI=1S/C9H10F3NO.C2H6/c1-6-2-3-8(4-7(6)5-13)14-9(10,11)12;1-2/h2-4H,5,13H2,1H3;1-2H3. The molecule has 2 N–H and O–H groups in total. The summed E-state index contributed by atoms with van der Waals surface area (Å²) in [7, 11) is 0. The number of alkyl halides is 3. The maximum atomic E-state index is 11.8. The average Bonchev–Trinajstić information content (AvgIpc) is 2.22. The van der Waals surface area contributed by atoms with Crippen LogP contribution >= 0.6 is 0 Å². The van der Waals surface area contributed by atoms with Gasteiger partial charge >= 0.3 is 6.36 Å². The molecule has 1 aromatic carbocycles. The smallest absolute Gasteiger partial charge is 0.406 e. The van der Waals surface area contributed by atoms with Crippen molar-refractivity contribution in [2.24, 2.45) is 5.73 Å². The summed E-state index contributed by atoms with van der Waals surface area (Å²) in [5.41, 5.74) is 6.84. The van der Waals surface area contributed by atoms with Crippen molar-refractivity contribution in [1.29, 1.82) is 0 Å². The molecular formula is C11H16F3NO. The molecule has 16 heavy (non-hydrogen) atoms. The minimum atomic E-state index is -4.65. The third-order valence-corrected chi connectivity index (χ3v) is 1.77. The lowest BCUT2D eigenvalue weighted by Crippen LogP contribution is -2.17. The van der Waals surface area contributed by atoms with E-state index in [1.165, 1.54) is 12.1 Å². The molecule has 0 saturated carbocycles. The van der Waals surface area contributed by atoms with E-state index in [9.17, 15) is 13.2 Å². The first-order valence-electron chi connectivity index (χ1n) is 4.98. The van der Waals surface area contributed by atoms with E-state index in [0.29, 0.717) is 5.56 Å². The van der Waals surface area contributed by atoms with Gasteiger partial charge in [0.25, 0.3) is 0 Å². The van der Waals surface area contributed by atoms with Crippen LogP contribution < -0.4 is 10.5 Å². The second-order valence-electron chi connectivity index (χ2n) is 2.84. The summed E-state index contributed by atoms with van der Waals surface area (Å²) in [4.78, 5) is 0. The Morgan fingerprint density at radius 2 is 1.81 bits per heavy atom. The molecule has 0 amide bonds. The Balaban J connectivity index is 0.00000106. The number of nitrogens with two attached hydrogens (primary N) is 1. The average molecular weight is 235 g/mol. The van der Waals surface area contributed by atoms with Crippen LogP contribution in [0.25, 0.3) is 0 Å². The number of aryl methyl sites for hydroxylation is 1. The van der Waals surface area contributed by atoms with Gasteiger partial charge in [0.2, 0.25) is 0 Å². The topological polar surface area (TPSA) is 35.2 Å². The van der Waals surface area contributed by atoms with E-state index in [0.717, 1.165) is 5.56 Å². The van der Waals surface area contributed by atoms with Gasteiger partial charge in [-0.1, -0.05) is 19.9 Å². The van der Waals surface area contributed by atoms with E-state index < -0.39 is 6.36 Å². The number of halogens is 3. The van der Waals surface area contributed by atoms with Gasteiger partial charge in [0, 0.05) is 6.54 Å². The summed E-state index contributed by atoms with van der Waals surface area (Å²) in [5.74, 6) is -0.233. The molecule has 92 valence electrons. The second-order valence-corrected chi connectivity index (χ2v) is 2.84. The number of hydrogen-bond acceptors (Lipinski definition) is 2. The lowest BCUT2D eigenvalue weighted by molar-refractivity contribution is -0.274. The van der Waals surface area contributed by atoms with Crippen LogP contribution in [0.4, 0.5) is 13.2 Å². The maximum absolute atomic E-state index is 11.8. The quantitative estimate of drug-likeness (QED) is 0.852. The molecule has 0 aliphatic rings. The van der Waals surface area contributed by atoms with Gasteiger partial charge in [-0.25, -0.2) is 0 Å². The number of ether oxygens (including phenoxy) is 1. The molecule has 2 nitrogen and oxygen atoms in total. The zero-order chi connectivity index (χ0) is 12.8. The first-order valence-corrected chi connectivity index (χ1v) is 4.98. The highest BCUT2D eigenvalue weighted by Gasteiger charge is 2.31. The molecule has 0 unspecified atom stereocenters. The Morgan fingerprint density at radius 3 is 2.25 bits per heavy atom. The van der Waals surface area contributed by atoms with Crippen LogP contribution in [0.2, 0.25) is 0 Å². The van der Waals surface area contributed by atoms with Crippen molar-refractivity contribution < 1.29 is 17.9 Å². The molecule has 0 heterocycles. The van der Waals surface area contributed by atoms with Gasteiger partial charge in [-0.05, 0) is 30.2 Å². The maximum Gasteiger partial charge on any atom is 0.573 e. The van der Waals surface area contributed by atoms with E-state index in [-0.39, 0.29) is 12.3 Å². The SMILES string of the molecule is CC.Cc1ccc(OC(F)(F)F)cc1CN. The molecule has 0 atom stereocenters. The summed E-state index contributed by atoms with van der Waals surface area (Å²) in [6.45, 7) is 5.97. The molecule has 0 saturated heterocycles. The van der Waals surface area contributed by atoms with E-state index in [1.54, 1.807) is 13.0 Å². The van der Waals surface area contributed by atoms with Gasteiger partial charge in [0.1, 0.15) is 5.75 Å². The molecule has 0 fully saturated rings. The van der Waals surface area contributed by atoms with Gasteiger partial charge in [-0.3, -0.25) is 0 Å². The van der Waals surface area contributed by atoms with Crippen LogP contribution in [0.3, 0.4) is 0 Å². The van der Waals surface area contributed by atoms with Gasteiger partial charge in [0.15, 0.2) is 0 Å². The van der Waals surface area contributed by atoms with Crippen LogP contribution in [0.5, 0.6) is 5.75 Å². The Bertz CT molecular complexity index is 323. The van der Waals surface area contributed by atoms with Crippen LogP contribution in [0, 0.1) is 6.92 Å².